The van der Waals surface area contributed by atoms with Gasteiger partial charge < -0.3 is 15.9 Å². The molecule has 0 heterocycles. The molecule has 0 bridgehead atoms. The van der Waals surface area contributed by atoms with Crippen LogP contribution in [0.2, 0.25) is 0 Å². The van der Waals surface area contributed by atoms with Gasteiger partial charge in [0.05, 0.1) is 6.34 Å². The Kier molecular flexibility index (Phi) is 4.31. The molecule has 0 aliphatic carbocycles. The molecule has 0 aliphatic heterocycles. The van der Waals surface area contributed by atoms with Crippen LogP contribution in [-0.4, -0.2) is 16.6 Å². The first kappa shape index (κ1) is 9.29. The van der Waals surface area contributed by atoms with Crippen molar-refractivity contribution in [1.29, 1.82) is 5.41 Å². The van der Waals surface area contributed by atoms with Crippen molar-refractivity contribution in [2.45, 2.75) is 0 Å². The van der Waals surface area contributed by atoms with Crippen molar-refractivity contribution in [3.05, 3.63) is 24.3 Å². The molecule has 1 aromatic rings. The summed E-state index contributed by atoms with van der Waals surface area (Å²) in [4.78, 5) is 0. The minimum absolute atomic E-state index is 0.169. The second-order valence-corrected chi connectivity index (χ2v) is 1.68. The van der Waals surface area contributed by atoms with E-state index in [0.717, 1.165) is 6.34 Å². The lowest BCUT2D eigenvalue weighted by molar-refractivity contribution is 0.460. The van der Waals surface area contributed by atoms with Crippen LogP contribution in [-0.2, 0) is 0 Å². The van der Waals surface area contributed by atoms with E-state index in [0.29, 0.717) is 0 Å². The third-order valence-corrected chi connectivity index (χ3v) is 0.850. The number of benzene rings is 1. The minimum Gasteiger partial charge on any atom is -0.508 e. The van der Waals surface area contributed by atoms with E-state index >= 15 is 0 Å². The van der Waals surface area contributed by atoms with E-state index in [4.69, 9.17) is 15.6 Å². The number of hydrogen-bond acceptors (Lipinski definition) is 3. The molecule has 0 aliphatic rings. The summed E-state index contributed by atoms with van der Waals surface area (Å²) in [5.41, 5.74) is 4.39. The molecule has 0 aromatic heterocycles. The largest absolute Gasteiger partial charge is 0.508 e. The first-order valence-corrected chi connectivity index (χ1v) is 2.89. The van der Waals surface area contributed by atoms with Gasteiger partial charge in [-0.15, -0.1) is 0 Å². The van der Waals surface area contributed by atoms with E-state index in [9.17, 15) is 0 Å². The summed E-state index contributed by atoms with van der Waals surface area (Å²) in [7, 11) is 0. The standard InChI is InChI=1S/C6H6O2.CH4N2/c7-5-1-2-6(8)4-3-5;2-1-3/h1-4,7-8H;1H,(H3,2,3). The molecule has 0 saturated carbocycles. The van der Waals surface area contributed by atoms with Crippen molar-refractivity contribution in [3.63, 3.8) is 0 Å². The maximum Gasteiger partial charge on any atom is 0.115 e. The van der Waals surface area contributed by atoms with Gasteiger partial charge in [-0.05, 0) is 24.3 Å². The second kappa shape index (κ2) is 5.10. The predicted molar refractivity (Wildman–Crippen MR) is 42.7 cm³/mol. The van der Waals surface area contributed by atoms with Crippen molar-refractivity contribution < 1.29 is 10.2 Å². The average Bonchev–Trinajstić information content (AvgIpc) is 1.97. The van der Waals surface area contributed by atoms with Gasteiger partial charge in [-0.2, -0.15) is 0 Å². The summed E-state index contributed by atoms with van der Waals surface area (Å²) < 4.78 is 0. The first-order valence-electron chi connectivity index (χ1n) is 2.89. The van der Waals surface area contributed by atoms with Gasteiger partial charge in [0, 0.05) is 0 Å². The lowest BCUT2D eigenvalue weighted by atomic mass is 10.3. The van der Waals surface area contributed by atoms with Gasteiger partial charge in [0.1, 0.15) is 11.5 Å². The summed E-state index contributed by atoms with van der Waals surface area (Å²) >= 11 is 0. The molecule has 0 unspecified atom stereocenters. The number of nitrogens with two attached hydrogens (primary N) is 1. The molecule has 4 nitrogen and oxygen atoms in total. The first-order chi connectivity index (χ1) is 5.20. The highest BCUT2D eigenvalue weighted by molar-refractivity contribution is 5.46. The van der Waals surface area contributed by atoms with E-state index in [2.05, 4.69) is 5.73 Å². The highest BCUT2D eigenvalue weighted by Crippen LogP contribution is 2.13. The number of hydrogen-bond donors (Lipinski definition) is 4. The summed E-state index contributed by atoms with van der Waals surface area (Å²) in [6.07, 6.45) is 0.750. The molecular formula is C7H10N2O2. The third-order valence-electron chi connectivity index (χ3n) is 0.850. The maximum absolute atomic E-state index is 8.65. The van der Waals surface area contributed by atoms with Gasteiger partial charge in [0.15, 0.2) is 0 Å². The number of aromatic hydroxyl groups is 2. The van der Waals surface area contributed by atoms with Crippen LogP contribution in [0.1, 0.15) is 0 Å². The smallest absolute Gasteiger partial charge is 0.115 e. The summed E-state index contributed by atoms with van der Waals surface area (Å²) in [6.45, 7) is 0. The van der Waals surface area contributed by atoms with E-state index in [-0.39, 0.29) is 11.5 Å². The predicted octanol–water partition coefficient (Wildman–Crippen LogP) is 0.650. The van der Waals surface area contributed by atoms with Crippen LogP contribution < -0.4 is 5.73 Å². The molecule has 0 amide bonds. The van der Waals surface area contributed by atoms with Crippen LogP contribution in [0, 0.1) is 5.41 Å². The highest BCUT2D eigenvalue weighted by atomic mass is 16.3. The van der Waals surface area contributed by atoms with Gasteiger partial charge in [0.2, 0.25) is 0 Å². The van der Waals surface area contributed by atoms with Crippen LogP contribution in [0.4, 0.5) is 0 Å². The van der Waals surface area contributed by atoms with Crippen molar-refractivity contribution in [2.75, 3.05) is 0 Å². The normalized spacial score (nSPS) is 7.64. The van der Waals surface area contributed by atoms with Crippen LogP contribution in [0.5, 0.6) is 11.5 Å². The van der Waals surface area contributed by atoms with Gasteiger partial charge in [0.25, 0.3) is 0 Å². The monoisotopic (exact) mass is 154 g/mol. The summed E-state index contributed by atoms with van der Waals surface area (Å²) in [5.74, 6) is 0.339. The maximum atomic E-state index is 8.65. The fourth-order valence-electron chi connectivity index (χ4n) is 0.453. The fourth-order valence-corrected chi connectivity index (χ4v) is 0.453. The molecule has 0 atom stereocenters. The Morgan fingerprint density at radius 3 is 1.45 bits per heavy atom. The van der Waals surface area contributed by atoms with E-state index < -0.39 is 0 Å². The zero-order valence-corrected chi connectivity index (χ0v) is 5.86. The molecule has 5 N–H and O–H groups in total. The molecule has 1 aromatic carbocycles. The third kappa shape index (κ3) is 4.77. The van der Waals surface area contributed by atoms with Crippen LogP contribution in [0.15, 0.2) is 24.3 Å². The zero-order chi connectivity index (χ0) is 8.69. The van der Waals surface area contributed by atoms with Crippen molar-refractivity contribution in [3.8, 4) is 11.5 Å². The molecule has 0 fully saturated rings. The van der Waals surface area contributed by atoms with Crippen molar-refractivity contribution in [1.82, 2.24) is 0 Å². The number of phenols is 2. The molecule has 0 radical (unpaired) electrons. The molecule has 4 heteroatoms. The molecule has 11 heavy (non-hydrogen) atoms. The van der Waals surface area contributed by atoms with Crippen LogP contribution in [0.25, 0.3) is 0 Å². The van der Waals surface area contributed by atoms with Gasteiger partial charge in [-0.25, -0.2) is 0 Å². The Balaban J connectivity index is 0.000000292. The Bertz CT molecular complexity index is 187. The SMILES string of the molecule is N=CN.Oc1ccc(O)cc1. The van der Waals surface area contributed by atoms with E-state index in [1.54, 1.807) is 0 Å². The lowest BCUT2D eigenvalue weighted by Crippen LogP contribution is -1.81. The average molecular weight is 154 g/mol. The number of phenolic OH excluding ortho intramolecular Hbond substituents is 2. The minimum atomic E-state index is 0.169. The highest BCUT2D eigenvalue weighted by Gasteiger charge is 1.84. The lowest BCUT2D eigenvalue weighted by Gasteiger charge is -1.88. The van der Waals surface area contributed by atoms with Crippen LogP contribution >= 0.6 is 0 Å². The molecular weight excluding hydrogens is 144 g/mol. The number of rotatable bonds is 0. The quantitative estimate of drug-likeness (QED) is 0.251. The molecule has 0 saturated heterocycles. The second-order valence-electron chi connectivity index (χ2n) is 1.68. The topological polar surface area (TPSA) is 90.3 Å². The summed E-state index contributed by atoms with van der Waals surface area (Å²) in [6, 6.07) is 5.70. The van der Waals surface area contributed by atoms with E-state index in [1.807, 2.05) is 0 Å². The Labute approximate surface area is 64.4 Å². The molecule has 0 spiro atoms. The van der Waals surface area contributed by atoms with Crippen LogP contribution in [0.3, 0.4) is 0 Å². The molecule has 1 rings (SSSR count). The number of nitrogens with one attached hydrogen (secondary N) is 1. The van der Waals surface area contributed by atoms with Crippen molar-refractivity contribution in [2.24, 2.45) is 5.73 Å². The van der Waals surface area contributed by atoms with Gasteiger partial charge in [-0.1, -0.05) is 0 Å². The van der Waals surface area contributed by atoms with Crippen molar-refractivity contribution >= 4 is 6.34 Å². The Hall–Kier alpha value is -1.71. The van der Waals surface area contributed by atoms with Gasteiger partial charge in [-0.3, -0.25) is 5.41 Å². The molecule has 60 valence electrons. The Morgan fingerprint density at radius 1 is 1.09 bits per heavy atom. The fraction of sp³-hybridized carbons (Fsp3) is 0. The van der Waals surface area contributed by atoms with Gasteiger partial charge >= 0.3 is 0 Å². The van der Waals surface area contributed by atoms with E-state index in [1.165, 1.54) is 24.3 Å². The zero-order valence-electron chi connectivity index (χ0n) is 5.86. The Morgan fingerprint density at radius 2 is 1.27 bits per heavy atom. The summed E-state index contributed by atoms with van der Waals surface area (Å²) in [5, 5.41) is 23.2.